The molecule has 1 aromatic carbocycles. The predicted molar refractivity (Wildman–Crippen MR) is 130 cm³/mol. The Morgan fingerprint density at radius 3 is 2.50 bits per heavy atom. The Morgan fingerprint density at radius 2 is 1.81 bits per heavy atom. The van der Waals surface area contributed by atoms with Crippen molar-refractivity contribution in [1.29, 1.82) is 0 Å². The zero-order valence-corrected chi connectivity index (χ0v) is 20.6. The van der Waals surface area contributed by atoms with Crippen molar-refractivity contribution < 1.29 is 29.2 Å². The summed E-state index contributed by atoms with van der Waals surface area (Å²) in [4.78, 5) is 48.0. The largest absolute Gasteiger partial charge is 0.454 e. The van der Waals surface area contributed by atoms with E-state index in [4.69, 9.17) is 4.74 Å². The Bertz CT molecular complexity index is 1200. The molecule has 8 nitrogen and oxygen atoms in total. The number of rotatable bonds is 5. The van der Waals surface area contributed by atoms with Gasteiger partial charge in [-0.2, -0.15) is 0 Å². The van der Waals surface area contributed by atoms with E-state index in [9.17, 15) is 29.6 Å². The van der Waals surface area contributed by atoms with Crippen molar-refractivity contribution in [2.45, 2.75) is 58.0 Å². The van der Waals surface area contributed by atoms with Crippen molar-refractivity contribution in [3.63, 3.8) is 0 Å². The fourth-order valence-electron chi connectivity index (χ4n) is 7.72. The second kappa shape index (κ2) is 8.47. The van der Waals surface area contributed by atoms with Crippen molar-refractivity contribution >= 4 is 23.2 Å². The molecule has 190 valence electrons. The van der Waals surface area contributed by atoms with E-state index in [0.29, 0.717) is 24.7 Å². The zero-order valence-electron chi connectivity index (χ0n) is 20.6. The number of nitrogens with zero attached hydrogens (tertiary/aromatic N) is 1. The summed E-state index contributed by atoms with van der Waals surface area (Å²) in [5, 5.41) is 22.5. The molecule has 5 rings (SSSR count). The summed E-state index contributed by atoms with van der Waals surface area (Å²) in [6, 6.07) is 4.98. The molecule has 0 aromatic heterocycles. The van der Waals surface area contributed by atoms with Gasteiger partial charge in [0.05, 0.1) is 10.5 Å². The first kappa shape index (κ1) is 24.6. The number of allylic oxidation sites excluding steroid dienone is 4. The van der Waals surface area contributed by atoms with Crippen LogP contribution in [-0.4, -0.2) is 39.8 Å². The first-order valence-electron chi connectivity index (χ1n) is 12.6. The molecule has 0 amide bonds. The summed E-state index contributed by atoms with van der Waals surface area (Å²) in [5.74, 6) is -0.341. The number of ether oxygens (including phenoxy) is 1. The molecule has 1 N–H and O–H groups in total. The number of esters is 1. The molecular formula is C28H31NO7. The number of benzene rings is 1. The Kier molecular flexibility index (Phi) is 5.78. The number of nitro groups is 1. The molecule has 0 aliphatic heterocycles. The van der Waals surface area contributed by atoms with Crippen LogP contribution < -0.4 is 0 Å². The van der Waals surface area contributed by atoms with Gasteiger partial charge in [-0.1, -0.05) is 25.5 Å². The third-order valence-corrected chi connectivity index (χ3v) is 9.82. The van der Waals surface area contributed by atoms with Gasteiger partial charge < -0.3 is 9.84 Å². The number of hydrogen-bond donors (Lipinski definition) is 1. The molecule has 0 saturated heterocycles. The second-order valence-corrected chi connectivity index (χ2v) is 11.3. The van der Waals surface area contributed by atoms with Crippen molar-refractivity contribution in [1.82, 2.24) is 0 Å². The minimum atomic E-state index is -1.58. The molecule has 6 atom stereocenters. The standard InChI is InChI=1S/C28H31NO7/c1-26-12-9-20(30)15-18(26)5-8-21-22(26)10-13-27(2)23(21)11-14-28(27,33)24(31)16-36-25(32)17-3-6-19(7-4-17)29(34)35/h3-4,6-7,9,12,15,21-23,33H,5,8,10-11,13-14,16H2,1-2H3/t21-,22+,23+,26+,27+,28+/m0/s1. The third kappa shape index (κ3) is 3.57. The highest BCUT2D eigenvalue weighted by Gasteiger charge is 2.66. The van der Waals surface area contributed by atoms with Crippen molar-refractivity contribution in [3.05, 3.63) is 63.7 Å². The normalized spacial score (nSPS) is 36.8. The number of ketones is 2. The summed E-state index contributed by atoms with van der Waals surface area (Å²) >= 11 is 0. The minimum absolute atomic E-state index is 0.0469. The lowest BCUT2D eigenvalue weighted by Crippen LogP contribution is -2.58. The number of Topliss-reactive ketones (excluding diaryl/α,β-unsaturated/α-hetero) is 1. The van der Waals surface area contributed by atoms with E-state index in [1.807, 2.05) is 6.92 Å². The number of aliphatic hydroxyl groups is 1. The summed E-state index contributed by atoms with van der Waals surface area (Å²) in [6.45, 7) is 3.67. The van der Waals surface area contributed by atoms with Gasteiger partial charge in [-0.25, -0.2) is 4.79 Å². The second-order valence-electron chi connectivity index (χ2n) is 11.3. The number of fused-ring (bicyclic) bond motifs is 5. The van der Waals surface area contributed by atoms with Crippen LogP contribution in [0.1, 0.15) is 62.7 Å². The molecule has 0 bridgehead atoms. The Labute approximate surface area is 209 Å². The van der Waals surface area contributed by atoms with Gasteiger partial charge in [0.15, 0.2) is 12.4 Å². The van der Waals surface area contributed by atoms with Crippen LogP contribution in [0.25, 0.3) is 0 Å². The van der Waals surface area contributed by atoms with E-state index >= 15 is 0 Å². The van der Waals surface area contributed by atoms with Gasteiger partial charge in [0, 0.05) is 23.0 Å². The monoisotopic (exact) mass is 493 g/mol. The van der Waals surface area contributed by atoms with E-state index in [2.05, 4.69) is 13.0 Å². The molecule has 8 heteroatoms. The molecular weight excluding hydrogens is 462 g/mol. The van der Waals surface area contributed by atoms with Crippen LogP contribution in [0.15, 0.2) is 48.1 Å². The number of hydrogen-bond acceptors (Lipinski definition) is 7. The fourth-order valence-corrected chi connectivity index (χ4v) is 7.72. The summed E-state index contributed by atoms with van der Waals surface area (Å²) in [7, 11) is 0. The van der Waals surface area contributed by atoms with E-state index in [1.165, 1.54) is 29.8 Å². The maximum atomic E-state index is 13.3. The molecule has 0 unspecified atom stereocenters. The first-order valence-corrected chi connectivity index (χ1v) is 12.6. The fraction of sp³-hybridized carbons (Fsp3) is 0.536. The van der Waals surface area contributed by atoms with Gasteiger partial charge in [-0.05, 0) is 80.6 Å². The van der Waals surface area contributed by atoms with Crippen molar-refractivity contribution in [2.24, 2.45) is 28.6 Å². The van der Waals surface area contributed by atoms with E-state index in [-0.39, 0.29) is 28.4 Å². The summed E-state index contributed by atoms with van der Waals surface area (Å²) in [5.41, 5.74) is -1.20. The maximum Gasteiger partial charge on any atom is 0.338 e. The van der Waals surface area contributed by atoms with Crippen LogP contribution in [0, 0.1) is 38.7 Å². The van der Waals surface area contributed by atoms with E-state index in [1.54, 1.807) is 12.2 Å². The average Bonchev–Trinajstić information content (AvgIpc) is 3.14. The van der Waals surface area contributed by atoms with Crippen molar-refractivity contribution in [3.8, 4) is 0 Å². The molecule has 3 fully saturated rings. The smallest absolute Gasteiger partial charge is 0.338 e. The summed E-state index contributed by atoms with van der Waals surface area (Å²) in [6.07, 6.45) is 9.91. The van der Waals surface area contributed by atoms with Gasteiger partial charge in [0.2, 0.25) is 5.78 Å². The van der Waals surface area contributed by atoms with Crippen LogP contribution in [0.2, 0.25) is 0 Å². The van der Waals surface area contributed by atoms with E-state index in [0.717, 1.165) is 25.7 Å². The van der Waals surface area contributed by atoms with Crippen LogP contribution >= 0.6 is 0 Å². The molecule has 4 aliphatic carbocycles. The highest BCUT2D eigenvalue weighted by atomic mass is 16.6. The van der Waals surface area contributed by atoms with Crippen LogP contribution in [0.4, 0.5) is 5.69 Å². The maximum absolute atomic E-state index is 13.3. The lowest BCUT2D eigenvalue weighted by Gasteiger charge is -2.57. The number of nitro benzene ring substituents is 1. The average molecular weight is 494 g/mol. The highest BCUT2D eigenvalue weighted by Crippen LogP contribution is 2.67. The molecule has 0 heterocycles. The Hall–Kier alpha value is -3.13. The quantitative estimate of drug-likeness (QED) is 0.367. The molecule has 36 heavy (non-hydrogen) atoms. The number of non-ortho nitro benzene ring substituents is 1. The van der Waals surface area contributed by atoms with E-state index < -0.39 is 34.3 Å². The third-order valence-electron chi connectivity index (χ3n) is 9.82. The summed E-state index contributed by atoms with van der Waals surface area (Å²) < 4.78 is 5.23. The minimum Gasteiger partial charge on any atom is -0.454 e. The van der Waals surface area contributed by atoms with Crippen LogP contribution in [-0.2, 0) is 14.3 Å². The van der Waals surface area contributed by atoms with Crippen molar-refractivity contribution in [2.75, 3.05) is 6.61 Å². The molecule has 1 aromatic rings. The topological polar surface area (TPSA) is 124 Å². The molecule has 3 saturated carbocycles. The first-order chi connectivity index (χ1) is 17.0. The highest BCUT2D eigenvalue weighted by molar-refractivity contribution is 6.01. The Morgan fingerprint density at radius 1 is 1.11 bits per heavy atom. The molecule has 0 radical (unpaired) electrons. The number of carbonyl (C=O) groups excluding carboxylic acids is 3. The van der Waals surface area contributed by atoms with Gasteiger partial charge in [-0.3, -0.25) is 19.7 Å². The van der Waals surface area contributed by atoms with Gasteiger partial charge in [0.1, 0.15) is 5.60 Å². The predicted octanol–water partition coefficient (Wildman–Crippen LogP) is 4.36. The molecule has 4 aliphatic rings. The SMILES string of the molecule is C[C@@]12C=CC(=O)C=C1CC[C@H]1[C@H]2CC[C@]2(C)[C@@H]1CC[C@@]2(O)C(=O)COC(=O)c1ccc([N+](=O)[O-])cc1. The lowest BCUT2D eigenvalue weighted by molar-refractivity contribution is -0.384. The lowest BCUT2D eigenvalue weighted by atomic mass is 9.47. The van der Waals surface area contributed by atoms with Crippen LogP contribution in [0.5, 0.6) is 0 Å². The van der Waals surface area contributed by atoms with Crippen LogP contribution in [0.3, 0.4) is 0 Å². The zero-order chi connectivity index (χ0) is 25.9. The number of carbonyl (C=O) groups is 3. The van der Waals surface area contributed by atoms with Gasteiger partial charge >= 0.3 is 5.97 Å². The van der Waals surface area contributed by atoms with Gasteiger partial charge in [0.25, 0.3) is 5.69 Å². The van der Waals surface area contributed by atoms with Gasteiger partial charge in [-0.15, -0.1) is 0 Å². The Balaban J connectivity index is 1.30. The molecule has 0 spiro atoms.